The van der Waals surface area contributed by atoms with Gasteiger partial charge in [-0.3, -0.25) is 4.90 Å². The maximum Gasteiger partial charge on any atom is 0.146 e. The zero-order valence-corrected chi connectivity index (χ0v) is 11.4. The monoisotopic (exact) mass is 249 g/mol. The molecule has 3 heterocycles. The first kappa shape index (κ1) is 12.1. The second-order valence-electron chi connectivity index (χ2n) is 5.61. The van der Waals surface area contributed by atoms with E-state index in [1.807, 2.05) is 6.92 Å². The van der Waals surface area contributed by atoms with E-state index in [0.29, 0.717) is 12.1 Å². The lowest BCUT2D eigenvalue weighted by Gasteiger charge is -2.29. The molecule has 100 valence electrons. The van der Waals surface area contributed by atoms with Crippen molar-refractivity contribution in [3.05, 3.63) is 11.6 Å². The molecule has 5 nitrogen and oxygen atoms in total. The van der Waals surface area contributed by atoms with Crippen molar-refractivity contribution < 1.29 is 0 Å². The predicted molar refractivity (Wildman–Crippen MR) is 70.2 cm³/mol. The Labute approximate surface area is 109 Å². The van der Waals surface area contributed by atoms with Crippen LogP contribution in [-0.2, 0) is 13.6 Å². The summed E-state index contributed by atoms with van der Waals surface area (Å²) in [6.45, 7) is 5.35. The van der Waals surface area contributed by atoms with Crippen molar-refractivity contribution in [3.8, 4) is 0 Å². The third-order valence-electron chi connectivity index (χ3n) is 4.50. The number of nitrogens with zero attached hydrogens (tertiary/aromatic N) is 4. The maximum absolute atomic E-state index is 4.29. The van der Waals surface area contributed by atoms with Crippen molar-refractivity contribution in [2.24, 2.45) is 7.05 Å². The number of aromatic nitrogens is 3. The molecule has 0 aliphatic carbocycles. The lowest BCUT2D eigenvalue weighted by Crippen LogP contribution is -2.43. The van der Waals surface area contributed by atoms with Crippen LogP contribution in [0.15, 0.2) is 0 Å². The fourth-order valence-electron chi connectivity index (χ4n) is 3.31. The standard InChI is InChI=1S/C13H23N5/c1-10-15-16-13(17(10)2)9-18-8-4-6-12(18)11-5-3-7-14-11/h11-12,14H,3-9H2,1-2H3. The molecule has 2 atom stereocenters. The van der Waals surface area contributed by atoms with Crippen LogP contribution in [0.2, 0.25) is 0 Å². The van der Waals surface area contributed by atoms with Crippen molar-refractivity contribution in [2.75, 3.05) is 13.1 Å². The van der Waals surface area contributed by atoms with E-state index < -0.39 is 0 Å². The third kappa shape index (κ3) is 2.17. The van der Waals surface area contributed by atoms with Gasteiger partial charge in [-0.1, -0.05) is 0 Å². The van der Waals surface area contributed by atoms with Crippen molar-refractivity contribution >= 4 is 0 Å². The highest BCUT2D eigenvalue weighted by Crippen LogP contribution is 2.26. The fraction of sp³-hybridized carbons (Fsp3) is 0.846. The first-order chi connectivity index (χ1) is 8.75. The Morgan fingerprint density at radius 3 is 2.83 bits per heavy atom. The summed E-state index contributed by atoms with van der Waals surface area (Å²) >= 11 is 0. The smallest absolute Gasteiger partial charge is 0.146 e. The molecule has 1 aromatic heterocycles. The van der Waals surface area contributed by atoms with Crippen molar-refractivity contribution in [1.82, 2.24) is 25.0 Å². The molecule has 0 spiro atoms. The van der Waals surface area contributed by atoms with Gasteiger partial charge in [0.05, 0.1) is 6.54 Å². The van der Waals surface area contributed by atoms with Gasteiger partial charge in [-0.2, -0.15) is 0 Å². The number of likely N-dealkylation sites (tertiary alicyclic amines) is 1. The van der Waals surface area contributed by atoms with Gasteiger partial charge in [-0.05, 0) is 45.7 Å². The fourth-order valence-corrected chi connectivity index (χ4v) is 3.31. The summed E-state index contributed by atoms with van der Waals surface area (Å²) in [4.78, 5) is 2.59. The first-order valence-corrected chi connectivity index (χ1v) is 7.08. The Balaban J connectivity index is 1.69. The van der Waals surface area contributed by atoms with Crippen molar-refractivity contribution in [2.45, 2.75) is 51.2 Å². The summed E-state index contributed by atoms with van der Waals surface area (Å²) in [5.74, 6) is 2.09. The zero-order valence-electron chi connectivity index (χ0n) is 11.4. The molecule has 0 bridgehead atoms. The second kappa shape index (κ2) is 4.97. The molecular weight excluding hydrogens is 226 g/mol. The molecule has 0 saturated carbocycles. The Hall–Kier alpha value is -0.940. The van der Waals surface area contributed by atoms with Crippen molar-refractivity contribution in [3.63, 3.8) is 0 Å². The molecule has 1 aromatic rings. The van der Waals surface area contributed by atoms with Crippen LogP contribution in [0.1, 0.15) is 37.3 Å². The molecular formula is C13H23N5. The molecule has 1 N–H and O–H groups in total. The van der Waals surface area contributed by atoms with Gasteiger partial charge < -0.3 is 9.88 Å². The molecule has 18 heavy (non-hydrogen) atoms. The van der Waals surface area contributed by atoms with Crippen LogP contribution in [0.3, 0.4) is 0 Å². The summed E-state index contributed by atoms with van der Waals surface area (Å²) in [6, 6.07) is 1.39. The average molecular weight is 249 g/mol. The summed E-state index contributed by atoms with van der Waals surface area (Å²) in [5.41, 5.74) is 0. The van der Waals surface area contributed by atoms with Crippen LogP contribution in [0.25, 0.3) is 0 Å². The number of hydrogen-bond acceptors (Lipinski definition) is 4. The van der Waals surface area contributed by atoms with E-state index in [9.17, 15) is 0 Å². The van der Waals surface area contributed by atoms with Gasteiger partial charge in [0.25, 0.3) is 0 Å². The first-order valence-electron chi connectivity index (χ1n) is 7.08. The van der Waals surface area contributed by atoms with Gasteiger partial charge in [0.1, 0.15) is 11.6 Å². The number of hydrogen-bond donors (Lipinski definition) is 1. The molecule has 0 aromatic carbocycles. The Kier molecular flexibility index (Phi) is 3.35. The lowest BCUT2D eigenvalue weighted by molar-refractivity contribution is 0.200. The molecule has 2 unspecified atom stereocenters. The predicted octanol–water partition coefficient (Wildman–Crippen LogP) is 0.840. The Morgan fingerprint density at radius 1 is 1.28 bits per heavy atom. The van der Waals surface area contributed by atoms with Crippen LogP contribution in [-0.4, -0.2) is 44.8 Å². The van der Waals surface area contributed by atoms with E-state index in [0.717, 1.165) is 18.2 Å². The summed E-state index contributed by atoms with van der Waals surface area (Å²) < 4.78 is 2.11. The third-order valence-corrected chi connectivity index (χ3v) is 4.50. The largest absolute Gasteiger partial charge is 0.317 e. The van der Waals surface area contributed by atoms with Crippen LogP contribution in [0.5, 0.6) is 0 Å². The summed E-state index contributed by atoms with van der Waals surface area (Å²) in [7, 11) is 2.06. The van der Waals surface area contributed by atoms with E-state index in [-0.39, 0.29) is 0 Å². The Bertz CT molecular complexity index is 408. The van der Waals surface area contributed by atoms with Gasteiger partial charge in [0.15, 0.2) is 0 Å². The van der Waals surface area contributed by atoms with Gasteiger partial charge >= 0.3 is 0 Å². The molecule has 0 amide bonds. The molecule has 2 fully saturated rings. The lowest BCUT2D eigenvalue weighted by atomic mass is 10.0. The van der Waals surface area contributed by atoms with E-state index in [4.69, 9.17) is 0 Å². The number of nitrogens with one attached hydrogen (secondary N) is 1. The molecule has 2 aliphatic rings. The Morgan fingerprint density at radius 2 is 2.17 bits per heavy atom. The summed E-state index contributed by atoms with van der Waals surface area (Å²) in [5, 5.41) is 12.1. The molecule has 3 rings (SSSR count). The SMILES string of the molecule is Cc1nnc(CN2CCCC2C2CCCN2)n1C. The molecule has 2 aliphatic heterocycles. The van der Waals surface area contributed by atoms with Gasteiger partial charge in [0, 0.05) is 19.1 Å². The highest BCUT2D eigenvalue weighted by Gasteiger charge is 2.33. The van der Waals surface area contributed by atoms with Crippen LogP contribution in [0, 0.1) is 6.92 Å². The molecule has 2 saturated heterocycles. The van der Waals surface area contributed by atoms with Gasteiger partial charge in [0.2, 0.25) is 0 Å². The molecule has 5 heteroatoms. The van der Waals surface area contributed by atoms with Gasteiger partial charge in [-0.25, -0.2) is 0 Å². The molecule has 0 radical (unpaired) electrons. The number of rotatable bonds is 3. The van der Waals surface area contributed by atoms with E-state index >= 15 is 0 Å². The van der Waals surface area contributed by atoms with E-state index in [1.54, 1.807) is 0 Å². The van der Waals surface area contributed by atoms with Crippen molar-refractivity contribution in [1.29, 1.82) is 0 Å². The van der Waals surface area contributed by atoms with Crippen LogP contribution < -0.4 is 5.32 Å². The van der Waals surface area contributed by atoms with Crippen LogP contribution >= 0.6 is 0 Å². The highest BCUT2D eigenvalue weighted by molar-refractivity contribution is 4.97. The van der Waals surface area contributed by atoms with E-state index in [2.05, 4.69) is 32.0 Å². The topological polar surface area (TPSA) is 46.0 Å². The quantitative estimate of drug-likeness (QED) is 0.862. The average Bonchev–Trinajstić information content (AvgIpc) is 3.06. The minimum absolute atomic E-state index is 0.696. The summed E-state index contributed by atoms with van der Waals surface area (Å²) in [6.07, 6.45) is 5.31. The normalized spacial score (nSPS) is 29.2. The zero-order chi connectivity index (χ0) is 12.5. The maximum atomic E-state index is 4.29. The number of aryl methyl sites for hydroxylation is 1. The van der Waals surface area contributed by atoms with Gasteiger partial charge in [-0.15, -0.1) is 10.2 Å². The minimum atomic E-state index is 0.696. The second-order valence-corrected chi connectivity index (χ2v) is 5.61. The van der Waals surface area contributed by atoms with E-state index in [1.165, 1.54) is 38.8 Å². The van der Waals surface area contributed by atoms with Crippen LogP contribution in [0.4, 0.5) is 0 Å². The minimum Gasteiger partial charge on any atom is -0.317 e. The highest BCUT2D eigenvalue weighted by atomic mass is 15.3.